The summed E-state index contributed by atoms with van der Waals surface area (Å²) in [4.78, 5) is 16.5. The normalized spacial score (nSPS) is 9.00. The number of imidazole rings is 1. The number of hydrogen-bond donors (Lipinski definition) is 2. The lowest BCUT2D eigenvalue weighted by Gasteiger charge is -1.90. The molecule has 4 heteroatoms. The molecule has 0 bridgehead atoms. The van der Waals surface area contributed by atoms with Crippen molar-refractivity contribution in [3.05, 3.63) is 18.2 Å². The largest absolute Gasteiger partial charge is 0.481 e. The van der Waals surface area contributed by atoms with Crippen LogP contribution in [0.3, 0.4) is 0 Å². The number of aromatic nitrogens is 2. The lowest BCUT2D eigenvalue weighted by Crippen LogP contribution is -1.86. The van der Waals surface area contributed by atoms with E-state index in [2.05, 4.69) is 16.9 Å². The Morgan fingerprint density at radius 3 is 2.57 bits per heavy atom. The first kappa shape index (κ1) is 12.7. The van der Waals surface area contributed by atoms with E-state index >= 15 is 0 Å². The van der Waals surface area contributed by atoms with Gasteiger partial charge in [0.05, 0.1) is 0 Å². The lowest BCUT2D eigenvalue weighted by atomic mass is 10.2. The molecule has 0 atom stereocenters. The van der Waals surface area contributed by atoms with Crippen molar-refractivity contribution >= 4 is 5.97 Å². The van der Waals surface area contributed by atoms with Crippen LogP contribution in [-0.2, 0) is 11.2 Å². The Morgan fingerprint density at radius 2 is 2.21 bits per heavy atom. The molecule has 0 spiro atoms. The molecule has 1 aromatic heterocycles. The Morgan fingerprint density at radius 1 is 1.57 bits per heavy atom. The second-order valence-corrected chi connectivity index (χ2v) is 2.89. The highest BCUT2D eigenvalue weighted by molar-refractivity contribution is 5.66. The van der Waals surface area contributed by atoms with Crippen molar-refractivity contribution in [3.8, 4) is 0 Å². The zero-order valence-electron chi connectivity index (χ0n) is 8.79. The van der Waals surface area contributed by atoms with Gasteiger partial charge in [0.1, 0.15) is 5.82 Å². The molecular formula is C10H18N2O2. The van der Waals surface area contributed by atoms with Crippen LogP contribution in [0.1, 0.15) is 38.9 Å². The summed E-state index contributed by atoms with van der Waals surface area (Å²) in [6.07, 6.45) is 7.44. The van der Waals surface area contributed by atoms with Crippen LogP contribution in [-0.4, -0.2) is 21.0 Å². The number of carbonyl (C=O) groups is 1. The SMILES string of the molecule is CCC(=O)O.CCCCc1ncc[nH]1. The van der Waals surface area contributed by atoms with Crippen molar-refractivity contribution in [2.75, 3.05) is 0 Å². The van der Waals surface area contributed by atoms with E-state index in [9.17, 15) is 4.79 Å². The number of carboxylic acid groups (broad SMARTS) is 1. The van der Waals surface area contributed by atoms with Crippen LogP contribution in [0.2, 0.25) is 0 Å². The molecule has 0 radical (unpaired) electrons. The number of aryl methyl sites for hydroxylation is 1. The summed E-state index contributed by atoms with van der Waals surface area (Å²) in [7, 11) is 0. The molecule has 2 N–H and O–H groups in total. The fourth-order valence-electron chi connectivity index (χ4n) is 0.779. The van der Waals surface area contributed by atoms with Gasteiger partial charge in [-0.2, -0.15) is 0 Å². The predicted molar refractivity (Wildman–Crippen MR) is 55.1 cm³/mol. The molecule has 0 aliphatic rings. The van der Waals surface area contributed by atoms with E-state index in [0.717, 1.165) is 12.2 Å². The molecule has 80 valence electrons. The Balaban J connectivity index is 0.000000292. The molecule has 0 fully saturated rings. The monoisotopic (exact) mass is 198 g/mol. The molecule has 1 aromatic rings. The summed E-state index contributed by atoms with van der Waals surface area (Å²) in [5, 5.41) is 7.72. The third-order valence-electron chi connectivity index (χ3n) is 1.62. The van der Waals surface area contributed by atoms with Crippen LogP contribution >= 0.6 is 0 Å². The van der Waals surface area contributed by atoms with Crippen LogP contribution in [0.15, 0.2) is 12.4 Å². The molecule has 0 aliphatic heterocycles. The van der Waals surface area contributed by atoms with Crippen LogP contribution in [0.4, 0.5) is 0 Å². The van der Waals surface area contributed by atoms with Crippen molar-refractivity contribution < 1.29 is 9.90 Å². The fourth-order valence-corrected chi connectivity index (χ4v) is 0.779. The molecule has 14 heavy (non-hydrogen) atoms. The Labute approximate surface area is 84.4 Å². The second kappa shape index (κ2) is 8.29. The number of aromatic amines is 1. The van der Waals surface area contributed by atoms with Crippen molar-refractivity contribution in [3.63, 3.8) is 0 Å². The smallest absolute Gasteiger partial charge is 0.303 e. The van der Waals surface area contributed by atoms with Crippen LogP contribution in [0.25, 0.3) is 0 Å². The number of unbranched alkanes of at least 4 members (excludes halogenated alkanes) is 1. The van der Waals surface area contributed by atoms with Crippen LogP contribution in [0, 0.1) is 0 Å². The van der Waals surface area contributed by atoms with E-state index in [-0.39, 0.29) is 6.42 Å². The molecule has 4 nitrogen and oxygen atoms in total. The van der Waals surface area contributed by atoms with Gasteiger partial charge in [-0.05, 0) is 6.42 Å². The maximum atomic E-state index is 9.37. The number of aliphatic carboxylic acids is 1. The maximum absolute atomic E-state index is 9.37. The second-order valence-electron chi connectivity index (χ2n) is 2.89. The van der Waals surface area contributed by atoms with E-state index in [1.54, 1.807) is 13.1 Å². The van der Waals surface area contributed by atoms with Crippen LogP contribution < -0.4 is 0 Å². The number of carboxylic acids is 1. The van der Waals surface area contributed by atoms with Crippen molar-refractivity contribution in [1.82, 2.24) is 9.97 Å². The molecule has 0 aromatic carbocycles. The van der Waals surface area contributed by atoms with E-state index in [1.165, 1.54) is 12.8 Å². The molecule has 0 saturated heterocycles. The Hall–Kier alpha value is -1.32. The van der Waals surface area contributed by atoms with Gasteiger partial charge >= 0.3 is 5.97 Å². The summed E-state index contributed by atoms with van der Waals surface area (Å²) < 4.78 is 0. The van der Waals surface area contributed by atoms with Crippen molar-refractivity contribution in [1.29, 1.82) is 0 Å². The molecular weight excluding hydrogens is 180 g/mol. The van der Waals surface area contributed by atoms with Gasteiger partial charge < -0.3 is 10.1 Å². The summed E-state index contributed by atoms with van der Waals surface area (Å²) in [6.45, 7) is 3.78. The first-order valence-electron chi connectivity index (χ1n) is 4.90. The third kappa shape index (κ3) is 7.34. The minimum Gasteiger partial charge on any atom is -0.481 e. The topological polar surface area (TPSA) is 66.0 Å². The van der Waals surface area contributed by atoms with Gasteiger partial charge in [0.25, 0.3) is 0 Å². The number of nitrogens with zero attached hydrogens (tertiary/aromatic N) is 1. The van der Waals surface area contributed by atoms with E-state index < -0.39 is 5.97 Å². The van der Waals surface area contributed by atoms with E-state index in [1.807, 2.05) is 6.20 Å². The standard InChI is InChI=1S/C7H12N2.C3H6O2/c1-2-3-4-7-8-5-6-9-7;1-2-3(4)5/h5-6H,2-4H2,1H3,(H,8,9);2H2,1H3,(H,4,5). The highest BCUT2D eigenvalue weighted by Crippen LogP contribution is 1.96. The molecule has 1 rings (SSSR count). The van der Waals surface area contributed by atoms with Gasteiger partial charge in [-0.15, -0.1) is 0 Å². The summed E-state index contributed by atoms with van der Waals surface area (Å²) in [5.74, 6) is 0.363. The average Bonchev–Trinajstić information content (AvgIpc) is 2.68. The number of nitrogens with one attached hydrogen (secondary N) is 1. The predicted octanol–water partition coefficient (Wildman–Crippen LogP) is 2.23. The molecule has 0 aliphatic carbocycles. The van der Waals surface area contributed by atoms with Gasteiger partial charge in [-0.3, -0.25) is 4.79 Å². The van der Waals surface area contributed by atoms with E-state index in [0.29, 0.717) is 0 Å². The number of rotatable bonds is 4. The quantitative estimate of drug-likeness (QED) is 0.779. The zero-order chi connectivity index (χ0) is 10.8. The summed E-state index contributed by atoms with van der Waals surface area (Å²) in [6, 6.07) is 0. The third-order valence-corrected chi connectivity index (χ3v) is 1.62. The van der Waals surface area contributed by atoms with Crippen molar-refractivity contribution in [2.24, 2.45) is 0 Å². The molecule has 0 saturated carbocycles. The van der Waals surface area contributed by atoms with E-state index in [4.69, 9.17) is 5.11 Å². The van der Waals surface area contributed by atoms with Crippen LogP contribution in [0.5, 0.6) is 0 Å². The molecule has 0 amide bonds. The van der Waals surface area contributed by atoms with Gasteiger partial charge in [0.2, 0.25) is 0 Å². The first-order valence-corrected chi connectivity index (χ1v) is 4.90. The Kier molecular flexibility index (Phi) is 7.50. The number of hydrogen-bond acceptors (Lipinski definition) is 2. The van der Waals surface area contributed by atoms with Gasteiger partial charge in [0, 0.05) is 25.2 Å². The molecule has 0 unspecified atom stereocenters. The average molecular weight is 198 g/mol. The van der Waals surface area contributed by atoms with Gasteiger partial charge in [-0.25, -0.2) is 4.98 Å². The Bertz CT molecular complexity index is 232. The first-order chi connectivity index (χ1) is 6.70. The lowest BCUT2D eigenvalue weighted by molar-refractivity contribution is -0.136. The minimum absolute atomic E-state index is 0.222. The zero-order valence-corrected chi connectivity index (χ0v) is 8.79. The highest BCUT2D eigenvalue weighted by Gasteiger charge is 1.90. The number of H-pyrrole nitrogens is 1. The summed E-state index contributed by atoms with van der Waals surface area (Å²) in [5.41, 5.74) is 0. The fraction of sp³-hybridized carbons (Fsp3) is 0.600. The van der Waals surface area contributed by atoms with Gasteiger partial charge in [-0.1, -0.05) is 20.3 Å². The molecule has 1 heterocycles. The minimum atomic E-state index is -0.745. The highest BCUT2D eigenvalue weighted by atomic mass is 16.4. The van der Waals surface area contributed by atoms with Crippen molar-refractivity contribution in [2.45, 2.75) is 39.5 Å². The maximum Gasteiger partial charge on any atom is 0.303 e. The summed E-state index contributed by atoms with van der Waals surface area (Å²) >= 11 is 0. The van der Waals surface area contributed by atoms with Gasteiger partial charge in [0.15, 0.2) is 0 Å².